The van der Waals surface area contributed by atoms with Crippen molar-refractivity contribution < 1.29 is 9.59 Å². The fourth-order valence-electron chi connectivity index (χ4n) is 3.84. The van der Waals surface area contributed by atoms with Crippen molar-refractivity contribution in [2.75, 3.05) is 11.9 Å². The van der Waals surface area contributed by atoms with Gasteiger partial charge in [0.15, 0.2) is 0 Å². The monoisotopic (exact) mass is 314 g/mol. The summed E-state index contributed by atoms with van der Waals surface area (Å²) in [5.41, 5.74) is 3.09. The Morgan fingerprint density at radius 2 is 1.91 bits per heavy atom. The minimum atomic E-state index is -0.217. The molecule has 1 aliphatic carbocycles. The van der Waals surface area contributed by atoms with Crippen LogP contribution in [-0.2, 0) is 9.59 Å². The van der Waals surface area contributed by atoms with E-state index in [2.05, 4.69) is 11.4 Å². The molecule has 0 bridgehead atoms. The molecule has 1 N–H and O–H groups in total. The maximum absolute atomic E-state index is 12.5. The van der Waals surface area contributed by atoms with Crippen LogP contribution in [0.3, 0.4) is 0 Å². The first kappa shape index (κ1) is 16.0. The maximum atomic E-state index is 12.5. The normalized spacial score (nSPS) is 22.4. The van der Waals surface area contributed by atoms with Gasteiger partial charge in [0, 0.05) is 24.7 Å². The molecule has 1 atom stereocenters. The van der Waals surface area contributed by atoms with Gasteiger partial charge in [-0.25, -0.2) is 0 Å². The third-order valence-corrected chi connectivity index (χ3v) is 5.18. The van der Waals surface area contributed by atoms with Crippen molar-refractivity contribution in [3.8, 4) is 0 Å². The zero-order valence-corrected chi connectivity index (χ0v) is 14.1. The van der Waals surface area contributed by atoms with Gasteiger partial charge in [0.05, 0.1) is 5.92 Å². The fraction of sp³-hybridized carbons (Fsp3) is 0.579. The van der Waals surface area contributed by atoms with Gasteiger partial charge in [0.25, 0.3) is 0 Å². The Labute approximate surface area is 138 Å². The first-order valence-electron chi connectivity index (χ1n) is 8.72. The standard InChI is InChI=1S/C19H26N2O2/c1-13-8-9-17(14(2)10-13)20-19(23)15-11-18(22)21(12-15)16-6-4-3-5-7-16/h8-10,15-16H,3-7,11-12H2,1-2H3,(H,20,23)/t15-/m0/s1. The average Bonchev–Trinajstić information content (AvgIpc) is 2.93. The summed E-state index contributed by atoms with van der Waals surface area (Å²) in [5.74, 6) is -0.0913. The van der Waals surface area contributed by atoms with Crippen molar-refractivity contribution in [3.05, 3.63) is 29.3 Å². The number of anilines is 1. The van der Waals surface area contributed by atoms with E-state index in [4.69, 9.17) is 0 Å². The molecule has 2 aliphatic rings. The lowest BCUT2D eigenvalue weighted by Crippen LogP contribution is -2.38. The zero-order valence-electron chi connectivity index (χ0n) is 14.1. The highest BCUT2D eigenvalue weighted by molar-refractivity contribution is 5.97. The van der Waals surface area contributed by atoms with Crippen LogP contribution < -0.4 is 5.32 Å². The number of benzene rings is 1. The van der Waals surface area contributed by atoms with Crippen LogP contribution in [0.25, 0.3) is 0 Å². The van der Waals surface area contributed by atoms with Gasteiger partial charge in [0.1, 0.15) is 0 Å². The van der Waals surface area contributed by atoms with E-state index in [1.165, 1.54) is 24.8 Å². The second-order valence-corrected chi connectivity index (χ2v) is 7.05. The summed E-state index contributed by atoms with van der Waals surface area (Å²) in [7, 11) is 0. The van der Waals surface area contributed by atoms with E-state index in [9.17, 15) is 9.59 Å². The Morgan fingerprint density at radius 3 is 2.61 bits per heavy atom. The van der Waals surface area contributed by atoms with Gasteiger partial charge in [0.2, 0.25) is 11.8 Å². The highest BCUT2D eigenvalue weighted by atomic mass is 16.2. The van der Waals surface area contributed by atoms with Crippen molar-refractivity contribution in [1.29, 1.82) is 0 Å². The number of aryl methyl sites for hydroxylation is 2. The summed E-state index contributed by atoms with van der Waals surface area (Å²) in [6, 6.07) is 6.36. The summed E-state index contributed by atoms with van der Waals surface area (Å²) >= 11 is 0. The summed E-state index contributed by atoms with van der Waals surface area (Å²) in [6.07, 6.45) is 6.22. The van der Waals surface area contributed by atoms with Crippen LogP contribution in [0.1, 0.15) is 49.7 Å². The molecule has 3 rings (SSSR count). The molecule has 124 valence electrons. The van der Waals surface area contributed by atoms with Gasteiger partial charge in [-0.15, -0.1) is 0 Å². The molecule has 1 heterocycles. The Bertz CT molecular complexity index is 605. The fourth-order valence-corrected chi connectivity index (χ4v) is 3.84. The van der Waals surface area contributed by atoms with E-state index in [0.29, 0.717) is 19.0 Å². The lowest BCUT2D eigenvalue weighted by atomic mass is 9.94. The molecule has 2 amide bonds. The van der Waals surface area contributed by atoms with E-state index in [0.717, 1.165) is 24.1 Å². The van der Waals surface area contributed by atoms with Crippen LogP contribution in [0.15, 0.2) is 18.2 Å². The summed E-state index contributed by atoms with van der Waals surface area (Å²) < 4.78 is 0. The minimum absolute atomic E-state index is 0.0244. The number of carbonyl (C=O) groups excluding carboxylic acids is 2. The predicted molar refractivity (Wildman–Crippen MR) is 91.2 cm³/mol. The van der Waals surface area contributed by atoms with Gasteiger partial charge >= 0.3 is 0 Å². The lowest BCUT2D eigenvalue weighted by molar-refractivity contribution is -0.130. The SMILES string of the molecule is Cc1ccc(NC(=O)[C@H]2CC(=O)N(C3CCCCC3)C2)c(C)c1. The number of likely N-dealkylation sites (tertiary alicyclic amines) is 1. The number of amides is 2. The van der Waals surface area contributed by atoms with E-state index < -0.39 is 0 Å². The second kappa shape index (κ2) is 6.73. The van der Waals surface area contributed by atoms with Crippen LogP contribution in [-0.4, -0.2) is 29.3 Å². The van der Waals surface area contributed by atoms with Crippen LogP contribution in [0, 0.1) is 19.8 Å². The van der Waals surface area contributed by atoms with Crippen molar-refractivity contribution in [2.45, 2.75) is 58.4 Å². The van der Waals surface area contributed by atoms with Gasteiger partial charge < -0.3 is 10.2 Å². The first-order valence-corrected chi connectivity index (χ1v) is 8.72. The smallest absolute Gasteiger partial charge is 0.229 e. The molecular formula is C19H26N2O2. The lowest BCUT2D eigenvalue weighted by Gasteiger charge is -2.31. The first-order chi connectivity index (χ1) is 11.0. The van der Waals surface area contributed by atoms with Crippen molar-refractivity contribution >= 4 is 17.5 Å². The average molecular weight is 314 g/mol. The van der Waals surface area contributed by atoms with Crippen LogP contribution in [0.5, 0.6) is 0 Å². The number of carbonyl (C=O) groups is 2. The molecule has 4 heteroatoms. The molecule has 0 radical (unpaired) electrons. The summed E-state index contributed by atoms with van der Waals surface area (Å²) in [4.78, 5) is 26.8. The molecule has 0 aromatic heterocycles. The number of nitrogens with zero attached hydrogens (tertiary/aromatic N) is 1. The molecular weight excluding hydrogens is 288 g/mol. The van der Waals surface area contributed by atoms with Crippen LogP contribution >= 0.6 is 0 Å². The maximum Gasteiger partial charge on any atom is 0.229 e. The molecule has 0 unspecified atom stereocenters. The molecule has 23 heavy (non-hydrogen) atoms. The molecule has 4 nitrogen and oxygen atoms in total. The van der Waals surface area contributed by atoms with E-state index in [1.54, 1.807) is 0 Å². The Kier molecular flexibility index (Phi) is 4.69. The molecule has 1 aliphatic heterocycles. The van der Waals surface area contributed by atoms with Crippen molar-refractivity contribution in [3.63, 3.8) is 0 Å². The Hall–Kier alpha value is -1.84. The highest BCUT2D eigenvalue weighted by Gasteiger charge is 2.38. The zero-order chi connectivity index (χ0) is 16.4. The van der Waals surface area contributed by atoms with Gasteiger partial charge in [-0.1, -0.05) is 37.0 Å². The Balaban J connectivity index is 1.63. The van der Waals surface area contributed by atoms with E-state index in [1.807, 2.05) is 30.9 Å². The quantitative estimate of drug-likeness (QED) is 0.929. The minimum Gasteiger partial charge on any atom is -0.339 e. The number of hydrogen-bond donors (Lipinski definition) is 1. The molecule has 1 aromatic rings. The molecule has 1 aromatic carbocycles. The third-order valence-electron chi connectivity index (χ3n) is 5.18. The number of rotatable bonds is 3. The largest absolute Gasteiger partial charge is 0.339 e. The summed E-state index contributed by atoms with van der Waals surface area (Å²) in [6.45, 7) is 4.62. The topological polar surface area (TPSA) is 49.4 Å². The van der Waals surface area contributed by atoms with Gasteiger partial charge in [-0.05, 0) is 38.3 Å². The van der Waals surface area contributed by atoms with E-state index >= 15 is 0 Å². The van der Waals surface area contributed by atoms with Crippen molar-refractivity contribution in [1.82, 2.24) is 4.90 Å². The molecule has 0 spiro atoms. The molecule has 1 saturated heterocycles. The van der Waals surface area contributed by atoms with Gasteiger partial charge in [-0.2, -0.15) is 0 Å². The second-order valence-electron chi connectivity index (χ2n) is 7.05. The number of nitrogens with one attached hydrogen (secondary N) is 1. The summed E-state index contributed by atoms with van der Waals surface area (Å²) in [5, 5.41) is 3.01. The number of hydrogen-bond acceptors (Lipinski definition) is 2. The van der Waals surface area contributed by atoms with E-state index in [-0.39, 0.29) is 17.7 Å². The highest BCUT2D eigenvalue weighted by Crippen LogP contribution is 2.29. The van der Waals surface area contributed by atoms with Crippen molar-refractivity contribution in [2.24, 2.45) is 5.92 Å². The van der Waals surface area contributed by atoms with Gasteiger partial charge in [-0.3, -0.25) is 9.59 Å². The Morgan fingerprint density at radius 1 is 1.17 bits per heavy atom. The van der Waals surface area contributed by atoms with Crippen LogP contribution in [0.4, 0.5) is 5.69 Å². The molecule has 2 fully saturated rings. The predicted octanol–water partition coefficient (Wildman–Crippen LogP) is 3.42. The van der Waals surface area contributed by atoms with Crippen LogP contribution in [0.2, 0.25) is 0 Å². The third kappa shape index (κ3) is 3.57. The molecule has 1 saturated carbocycles.